The Morgan fingerprint density at radius 2 is 2.22 bits per heavy atom. The lowest BCUT2D eigenvalue weighted by molar-refractivity contribution is 0.0693. The van der Waals surface area contributed by atoms with Crippen LogP contribution in [0.15, 0.2) is 48.0 Å². The van der Waals surface area contributed by atoms with Gasteiger partial charge in [-0.1, -0.05) is 25.1 Å². The third-order valence-electron chi connectivity index (χ3n) is 4.65. The molecule has 1 atom stereocenters. The fraction of sp³-hybridized carbons (Fsp3) is 0.333. The Kier molecular flexibility index (Phi) is 6.79. The molecule has 0 saturated carbocycles. The van der Waals surface area contributed by atoms with Crippen LogP contribution in [0.4, 0.5) is 5.69 Å². The average molecular weight is 383 g/mol. The van der Waals surface area contributed by atoms with Crippen LogP contribution in [0, 0.1) is 5.41 Å². The molecule has 1 saturated heterocycles. The summed E-state index contributed by atoms with van der Waals surface area (Å²) < 4.78 is 0. The van der Waals surface area contributed by atoms with Crippen LogP contribution in [-0.2, 0) is 0 Å². The summed E-state index contributed by atoms with van der Waals surface area (Å²) in [6.45, 7) is 4.72. The number of allylic oxidation sites excluding steroid dienone is 1. The van der Waals surface area contributed by atoms with Crippen LogP contribution in [-0.4, -0.2) is 42.7 Å². The van der Waals surface area contributed by atoms with Gasteiger partial charge in [0.2, 0.25) is 0 Å². The predicted octanol–water partition coefficient (Wildman–Crippen LogP) is 4.06. The second-order valence-corrected chi connectivity index (χ2v) is 7.51. The fourth-order valence-electron chi connectivity index (χ4n) is 3.24. The summed E-state index contributed by atoms with van der Waals surface area (Å²) in [6.07, 6.45) is 5.09. The molecule has 1 aliphatic heterocycles. The number of nitrogens with zero attached hydrogens (tertiary/aromatic N) is 1. The second kappa shape index (κ2) is 9.48. The van der Waals surface area contributed by atoms with Crippen molar-refractivity contribution >= 4 is 34.7 Å². The highest BCUT2D eigenvalue weighted by molar-refractivity contribution is 7.11. The van der Waals surface area contributed by atoms with E-state index < -0.39 is 0 Å². The highest BCUT2D eigenvalue weighted by Gasteiger charge is 2.27. The smallest absolute Gasteiger partial charge is 0.255 e. The fourth-order valence-corrected chi connectivity index (χ4v) is 4.11. The standard InChI is InChI=1S/C21H26N4OS/c1-2-10-25(19-8-9-23-14-19)21(26)16-11-20(27-15-16)17(12-22)13-24-18-6-4-3-5-7-18/h3-7,11-13,15,19,22-24H,2,8-10,14H2,1H3/b17-13+,22-12?. The molecule has 142 valence electrons. The lowest BCUT2D eigenvalue weighted by Gasteiger charge is -2.27. The Hall–Kier alpha value is -2.44. The molecule has 1 aromatic heterocycles. The number of nitrogens with one attached hydrogen (secondary N) is 3. The van der Waals surface area contributed by atoms with Crippen LogP contribution in [0.25, 0.3) is 5.57 Å². The molecule has 1 fully saturated rings. The maximum absolute atomic E-state index is 13.0. The molecule has 1 aromatic carbocycles. The molecule has 2 heterocycles. The number of amides is 1. The van der Waals surface area contributed by atoms with Crippen LogP contribution in [0.3, 0.4) is 0 Å². The van der Waals surface area contributed by atoms with E-state index in [1.165, 1.54) is 17.6 Å². The number of rotatable bonds is 8. The summed E-state index contributed by atoms with van der Waals surface area (Å²) in [4.78, 5) is 16.0. The van der Waals surface area contributed by atoms with Crippen molar-refractivity contribution in [3.63, 3.8) is 0 Å². The first-order valence-electron chi connectivity index (χ1n) is 9.35. The number of hydrogen-bond acceptors (Lipinski definition) is 5. The zero-order valence-corrected chi connectivity index (χ0v) is 16.4. The normalized spacial score (nSPS) is 16.9. The number of carbonyl (C=O) groups excluding carboxylic acids is 1. The summed E-state index contributed by atoms with van der Waals surface area (Å²) in [6, 6.07) is 12.0. The van der Waals surface area contributed by atoms with E-state index in [-0.39, 0.29) is 11.9 Å². The van der Waals surface area contributed by atoms with Gasteiger partial charge in [0, 0.05) is 53.1 Å². The molecule has 3 N–H and O–H groups in total. The van der Waals surface area contributed by atoms with Crippen molar-refractivity contribution in [1.29, 1.82) is 5.41 Å². The van der Waals surface area contributed by atoms with Gasteiger partial charge in [0.05, 0.1) is 5.56 Å². The van der Waals surface area contributed by atoms with E-state index in [1.807, 2.05) is 52.9 Å². The maximum Gasteiger partial charge on any atom is 0.255 e. The van der Waals surface area contributed by atoms with Gasteiger partial charge in [-0.3, -0.25) is 4.79 Å². The molecule has 0 spiro atoms. The van der Waals surface area contributed by atoms with Crippen molar-refractivity contribution in [1.82, 2.24) is 10.2 Å². The minimum atomic E-state index is 0.0911. The third kappa shape index (κ3) is 4.84. The Morgan fingerprint density at radius 3 is 2.89 bits per heavy atom. The van der Waals surface area contributed by atoms with Gasteiger partial charge < -0.3 is 20.9 Å². The number of hydrogen-bond donors (Lipinski definition) is 3. The van der Waals surface area contributed by atoms with E-state index in [9.17, 15) is 4.79 Å². The molecule has 27 heavy (non-hydrogen) atoms. The lowest BCUT2D eigenvalue weighted by atomic mass is 10.1. The maximum atomic E-state index is 13.0. The zero-order chi connectivity index (χ0) is 19.1. The molecular weight excluding hydrogens is 356 g/mol. The Bertz CT molecular complexity index is 794. The molecule has 0 bridgehead atoms. The molecule has 0 aliphatic carbocycles. The van der Waals surface area contributed by atoms with Crippen molar-refractivity contribution in [2.45, 2.75) is 25.8 Å². The molecule has 3 rings (SSSR count). The van der Waals surface area contributed by atoms with E-state index in [1.54, 1.807) is 0 Å². The lowest BCUT2D eigenvalue weighted by Crippen LogP contribution is -2.41. The van der Waals surface area contributed by atoms with Gasteiger partial charge in [0.25, 0.3) is 5.91 Å². The first-order chi connectivity index (χ1) is 13.2. The van der Waals surface area contributed by atoms with Crippen molar-refractivity contribution in [2.75, 3.05) is 25.0 Å². The Balaban J connectivity index is 1.75. The molecule has 6 heteroatoms. The van der Waals surface area contributed by atoms with E-state index >= 15 is 0 Å². The van der Waals surface area contributed by atoms with Gasteiger partial charge in [-0.2, -0.15) is 0 Å². The topological polar surface area (TPSA) is 68.2 Å². The summed E-state index contributed by atoms with van der Waals surface area (Å²) in [5.74, 6) is 0.0911. The van der Waals surface area contributed by atoms with Crippen LogP contribution in [0.1, 0.15) is 35.0 Å². The van der Waals surface area contributed by atoms with Crippen molar-refractivity contribution in [2.24, 2.45) is 0 Å². The van der Waals surface area contributed by atoms with Crippen LogP contribution < -0.4 is 10.6 Å². The van der Waals surface area contributed by atoms with E-state index in [0.29, 0.717) is 5.56 Å². The first kappa shape index (κ1) is 19.3. The van der Waals surface area contributed by atoms with Crippen molar-refractivity contribution in [3.8, 4) is 0 Å². The molecule has 5 nitrogen and oxygen atoms in total. The van der Waals surface area contributed by atoms with Gasteiger partial charge in [0.15, 0.2) is 0 Å². The van der Waals surface area contributed by atoms with Gasteiger partial charge in [0.1, 0.15) is 0 Å². The Morgan fingerprint density at radius 1 is 1.41 bits per heavy atom. The molecular formula is C21H26N4OS. The number of anilines is 1. The molecule has 0 radical (unpaired) electrons. The molecule has 1 aliphatic rings. The molecule has 1 amide bonds. The van der Waals surface area contributed by atoms with Crippen LogP contribution in [0.2, 0.25) is 0 Å². The van der Waals surface area contributed by atoms with Crippen LogP contribution >= 0.6 is 11.3 Å². The number of carbonyl (C=O) groups is 1. The summed E-state index contributed by atoms with van der Waals surface area (Å²) in [5, 5.41) is 16.2. The van der Waals surface area contributed by atoms with E-state index in [0.717, 1.165) is 48.6 Å². The predicted molar refractivity (Wildman–Crippen MR) is 114 cm³/mol. The third-order valence-corrected chi connectivity index (χ3v) is 5.63. The van der Waals surface area contributed by atoms with Gasteiger partial charge in [-0.25, -0.2) is 0 Å². The monoisotopic (exact) mass is 382 g/mol. The molecule has 1 unspecified atom stereocenters. The average Bonchev–Trinajstić information content (AvgIpc) is 3.39. The highest BCUT2D eigenvalue weighted by Crippen LogP contribution is 2.24. The quantitative estimate of drug-likeness (QED) is 0.603. The van der Waals surface area contributed by atoms with Gasteiger partial charge in [-0.05, 0) is 37.6 Å². The van der Waals surface area contributed by atoms with Crippen molar-refractivity contribution in [3.05, 3.63) is 58.4 Å². The summed E-state index contributed by atoms with van der Waals surface area (Å²) in [5.41, 5.74) is 2.43. The van der Waals surface area contributed by atoms with Gasteiger partial charge >= 0.3 is 0 Å². The largest absolute Gasteiger partial charge is 0.361 e. The minimum absolute atomic E-state index is 0.0911. The number of thiophene rings is 1. The Labute approximate surface area is 164 Å². The van der Waals surface area contributed by atoms with E-state index in [4.69, 9.17) is 5.41 Å². The highest BCUT2D eigenvalue weighted by atomic mass is 32.1. The first-order valence-corrected chi connectivity index (χ1v) is 10.2. The number of benzene rings is 1. The summed E-state index contributed by atoms with van der Waals surface area (Å²) in [7, 11) is 0. The number of para-hydroxylation sites is 1. The van der Waals surface area contributed by atoms with Crippen LogP contribution in [0.5, 0.6) is 0 Å². The second-order valence-electron chi connectivity index (χ2n) is 6.60. The molecule has 2 aromatic rings. The van der Waals surface area contributed by atoms with Gasteiger partial charge in [-0.15, -0.1) is 11.3 Å². The zero-order valence-electron chi connectivity index (χ0n) is 15.6. The minimum Gasteiger partial charge on any atom is -0.361 e. The summed E-state index contributed by atoms with van der Waals surface area (Å²) >= 11 is 1.50. The van der Waals surface area contributed by atoms with Crippen molar-refractivity contribution < 1.29 is 4.79 Å². The van der Waals surface area contributed by atoms with E-state index in [2.05, 4.69) is 17.6 Å². The SMILES string of the molecule is CCCN(C(=O)c1csc(/C(C=N)=C/Nc2ccccc2)c1)C1CCNC1.